The van der Waals surface area contributed by atoms with E-state index >= 15 is 0 Å². The van der Waals surface area contributed by atoms with Gasteiger partial charge in [0.1, 0.15) is 6.10 Å². The van der Waals surface area contributed by atoms with Crippen molar-refractivity contribution in [2.24, 2.45) is 5.92 Å². The monoisotopic (exact) mass is 416 g/mol. The molecule has 3 fully saturated rings. The third-order valence-electron chi connectivity index (χ3n) is 7.00. The highest BCUT2D eigenvalue weighted by Crippen LogP contribution is 2.33. The van der Waals surface area contributed by atoms with Gasteiger partial charge in [0.05, 0.1) is 13.7 Å². The molecular weight excluding hydrogens is 380 g/mol. The summed E-state index contributed by atoms with van der Waals surface area (Å²) in [7, 11) is 3.36. The summed E-state index contributed by atoms with van der Waals surface area (Å²) in [6, 6.07) is 6.39. The van der Waals surface area contributed by atoms with Crippen LogP contribution in [0, 0.1) is 5.92 Å². The highest BCUT2D eigenvalue weighted by Gasteiger charge is 2.29. The molecule has 1 aromatic carbocycles. The Labute approximate surface area is 180 Å². The minimum atomic E-state index is 0.0586. The maximum atomic E-state index is 12.9. The van der Waals surface area contributed by atoms with E-state index in [1.807, 2.05) is 23.1 Å². The molecule has 1 aromatic rings. The van der Waals surface area contributed by atoms with E-state index in [1.165, 1.54) is 25.7 Å². The van der Waals surface area contributed by atoms with Crippen LogP contribution in [0.2, 0.25) is 0 Å². The number of amides is 1. The number of hydrogen-bond acceptors (Lipinski definition) is 5. The van der Waals surface area contributed by atoms with E-state index in [1.54, 1.807) is 14.2 Å². The van der Waals surface area contributed by atoms with Gasteiger partial charge in [0.15, 0.2) is 11.5 Å². The lowest BCUT2D eigenvalue weighted by atomic mass is 10.0. The Hall–Kier alpha value is -1.79. The molecule has 1 aliphatic carbocycles. The van der Waals surface area contributed by atoms with Crippen LogP contribution in [-0.4, -0.2) is 74.9 Å². The minimum Gasteiger partial charge on any atom is -0.493 e. The van der Waals surface area contributed by atoms with Crippen molar-refractivity contribution >= 4 is 5.91 Å². The fourth-order valence-electron chi connectivity index (χ4n) is 5.28. The number of methoxy groups -OCH3 is 2. The predicted molar refractivity (Wildman–Crippen MR) is 116 cm³/mol. The Balaban J connectivity index is 1.34. The van der Waals surface area contributed by atoms with Crippen molar-refractivity contribution < 1.29 is 19.0 Å². The lowest BCUT2D eigenvalue weighted by Gasteiger charge is -2.36. The first kappa shape index (κ1) is 21.4. The topological polar surface area (TPSA) is 51.2 Å². The first-order chi connectivity index (χ1) is 14.7. The molecule has 6 nitrogen and oxygen atoms in total. The first-order valence-electron chi connectivity index (χ1n) is 11.5. The van der Waals surface area contributed by atoms with Crippen LogP contribution >= 0.6 is 0 Å². The van der Waals surface area contributed by atoms with Crippen molar-refractivity contribution in [2.75, 3.05) is 47.0 Å². The smallest absolute Gasteiger partial charge is 0.254 e. The zero-order valence-corrected chi connectivity index (χ0v) is 18.5. The number of piperidine rings is 1. The first-order valence-corrected chi connectivity index (χ1v) is 11.5. The van der Waals surface area contributed by atoms with Crippen LogP contribution in [-0.2, 0) is 4.74 Å². The SMILES string of the molecule is COC[C@@H]1CCN(C(=O)c2ccc(OC3CCN(C4CCCC4)CC3)c(OC)c2)C1. The van der Waals surface area contributed by atoms with Crippen molar-refractivity contribution in [1.29, 1.82) is 0 Å². The molecule has 0 aromatic heterocycles. The average molecular weight is 417 g/mol. The predicted octanol–water partition coefficient (Wildman–Crippen LogP) is 3.59. The van der Waals surface area contributed by atoms with Crippen LogP contribution < -0.4 is 9.47 Å². The molecule has 0 radical (unpaired) electrons. The molecule has 2 aliphatic heterocycles. The van der Waals surface area contributed by atoms with Crippen molar-refractivity contribution in [3.63, 3.8) is 0 Å². The second-order valence-electron chi connectivity index (χ2n) is 9.02. The zero-order valence-electron chi connectivity index (χ0n) is 18.5. The second-order valence-corrected chi connectivity index (χ2v) is 9.02. The Bertz CT molecular complexity index is 711. The van der Waals surface area contributed by atoms with Crippen molar-refractivity contribution in [2.45, 2.75) is 57.1 Å². The minimum absolute atomic E-state index is 0.0586. The summed E-state index contributed by atoms with van der Waals surface area (Å²) in [6.07, 6.45) is 8.80. The quantitative estimate of drug-likeness (QED) is 0.680. The number of nitrogens with zero attached hydrogens (tertiary/aromatic N) is 2. The van der Waals surface area contributed by atoms with Gasteiger partial charge >= 0.3 is 0 Å². The highest BCUT2D eigenvalue weighted by molar-refractivity contribution is 5.95. The second kappa shape index (κ2) is 10.0. The van der Waals surface area contributed by atoms with Gasteiger partial charge in [0, 0.05) is 50.8 Å². The van der Waals surface area contributed by atoms with E-state index in [0.29, 0.717) is 23.8 Å². The van der Waals surface area contributed by atoms with Gasteiger partial charge in [0.25, 0.3) is 5.91 Å². The van der Waals surface area contributed by atoms with Crippen molar-refractivity contribution in [1.82, 2.24) is 9.80 Å². The Morgan fingerprint density at radius 2 is 1.77 bits per heavy atom. The van der Waals surface area contributed by atoms with Crippen LogP contribution in [0.1, 0.15) is 55.3 Å². The number of hydrogen-bond donors (Lipinski definition) is 0. The fourth-order valence-corrected chi connectivity index (χ4v) is 5.28. The Kier molecular flexibility index (Phi) is 7.16. The van der Waals surface area contributed by atoms with E-state index in [-0.39, 0.29) is 12.0 Å². The Morgan fingerprint density at radius 1 is 1.00 bits per heavy atom. The standard InChI is InChI=1S/C24H36N2O4/c1-28-17-18-9-12-26(16-18)24(27)19-7-8-22(23(15-19)29-2)30-21-10-13-25(14-11-21)20-5-3-4-6-20/h7-8,15,18,20-21H,3-6,9-14,16-17H2,1-2H3/t18-/m1/s1. The molecular formula is C24H36N2O4. The number of carbonyl (C=O) groups excluding carboxylic acids is 1. The summed E-state index contributed by atoms with van der Waals surface area (Å²) in [5.74, 6) is 1.88. The van der Waals surface area contributed by atoms with Crippen LogP contribution in [0.25, 0.3) is 0 Å². The summed E-state index contributed by atoms with van der Waals surface area (Å²) < 4.78 is 17.1. The Morgan fingerprint density at radius 3 is 2.47 bits per heavy atom. The summed E-state index contributed by atoms with van der Waals surface area (Å²) in [6.45, 7) is 4.48. The van der Waals surface area contributed by atoms with Crippen molar-refractivity contribution in [3.8, 4) is 11.5 Å². The molecule has 2 saturated heterocycles. The van der Waals surface area contributed by atoms with Gasteiger partial charge in [-0.05, 0) is 50.3 Å². The van der Waals surface area contributed by atoms with Crippen LogP contribution in [0.5, 0.6) is 11.5 Å². The molecule has 0 bridgehead atoms. The van der Waals surface area contributed by atoms with Crippen molar-refractivity contribution in [3.05, 3.63) is 23.8 Å². The normalized spacial score (nSPS) is 23.8. The molecule has 30 heavy (non-hydrogen) atoms. The number of likely N-dealkylation sites (tertiary alicyclic amines) is 2. The van der Waals surface area contributed by atoms with E-state index < -0.39 is 0 Å². The molecule has 0 spiro atoms. The summed E-state index contributed by atoms with van der Waals surface area (Å²) >= 11 is 0. The van der Waals surface area contributed by atoms with E-state index in [0.717, 1.165) is 57.2 Å². The third-order valence-corrected chi connectivity index (χ3v) is 7.00. The lowest BCUT2D eigenvalue weighted by Crippen LogP contribution is -2.43. The lowest BCUT2D eigenvalue weighted by molar-refractivity contribution is 0.0747. The van der Waals surface area contributed by atoms with E-state index in [9.17, 15) is 4.79 Å². The number of benzene rings is 1. The largest absolute Gasteiger partial charge is 0.493 e. The van der Waals surface area contributed by atoms with Gasteiger partial charge in [-0.1, -0.05) is 12.8 Å². The van der Waals surface area contributed by atoms with Crippen LogP contribution in [0.3, 0.4) is 0 Å². The fraction of sp³-hybridized carbons (Fsp3) is 0.708. The van der Waals surface area contributed by atoms with E-state index in [4.69, 9.17) is 14.2 Å². The molecule has 1 amide bonds. The maximum Gasteiger partial charge on any atom is 0.254 e. The third kappa shape index (κ3) is 4.92. The summed E-state index contributed by atoms with van der Waals surface area (Å²) in [5.41, 5.74) is 0.660. The van der Waals surface area contributed by atoms with E-state index in [2.05, 4.69) is 4.90 Å². The molecule has 1 atom stereocenters. The molecule has 166 valence electrons. The maximum absolute atomic E-state index is 12.9. The van der Waals surface area contributed by atoms with Crippen LogP contribution in [0.4, 0.5) is 0 Å². The summed E-state index contributed by atoms with van der Waals surface area (Å²) in [5, 5.41) is 0. The molecule has 0 N–H and O–H groups in total. The summed E-state index contributed by atoms with van der Waals surface area (Å²) in [4.78, 5) is 17.5. The zero-order chi connectivity index (χ0) is 20.9. The highest BCUT2D eigenvalue weighted by atomic mass is 16.5. The molecule has 0 unspecified atom stereocenters. The molecule has 4 rings (SSSR count). The average Bonchev–Trinajstić information content (AvgIpc) is 3.47. The number of carbonyl (C=O) groups is 1. The van der Waals surface area contributed by atoms with Gasteiger partial charge in [-0.25, -0.2) is 0 Å². The van der Waals surface area contributed by atoms with Gasteiger partial charge < -0.3 is 24.0 Å². The van der Waals surface area contributed by atoms with Crippen LogP contribution in [0.15, 0.2) is 18.2 Å². The molecule has 6 heteroatoms. The molecule has 3 aliphatic rings. The van der Waals surface area contributed by atoms with Gasteiger partial charge in [0.2, 0.25) is 0 Å². The van der Waals surface area contributed by atoms with Gasteiger partial charge in [-0.15, -0.1) is 0 Å². The van der Waals surface area contributed by atoms with Gasteiger partial charge in [-0.3, -0.25) is 4.79 Å². The number of rotatable bonds is 7. The molecule has 2 heterocycles. The molecule has 1 saturated carbocycles. The van der Waals surface area contributed by atoms with Gasteiger partial charge in [-0.2, -0.15) is 0 Å². The number of ether oxygens (including phenoxy) is 3.